The fourth-order valence-corrected chi connectivity index (χ4v) is 6.59. The number of nitrogen functional groups attached to an aromatic ring is 2. The van der Waals surface area contributed by atoms with Gasteiger partial charge in [-0.2, -0.15) is 4.57 Å². The van der Waals surface area contributed by atoms with Gasteiger partial charge in [-0.3, -0.25) is 14.5 Å². The SMILES string of the molecule is C#CCO/N=C(\C(=O)NC1C(=O)N2C(C(=O)O)=C(C[n+]3ccc4sc(N)nc4c3)CS[C@H]12)c1csc(N)n1. The van der Waals surface area contributed by atoms with Crippen molar-refractivity contribution < 1.29 is 28.9 Å². The molecular formula is C22H19N8O5S3+. The number of nitrogens with zero attached hydrogens (tertiary/aromatic N) is 5. The Balaban J connectivity index is 1.35. The zero-order chi connectivity index (χ0) is 27.0. The molecule has 5 rings (SSSR count). The highest BCUT2D eigenvalue weighted by molar-refractivity contribution is 8.00. The van der Waals surface area contributed by atoms with Gasteiger partial charge in [0.05, 0.1) is 4.70 Å². The Morgan fingerprint density at radius 3 is 2.89 bits per heavy atom. The molecule has 2 amide bonds. The van der Waals surface area contributed by atoms with Crippen LogP contribution < -0.4 is 21.4 Å². The Kier molecular flexibility index (Phi) is 6.89. The summed E-state index contributed by atoms with van der Waals surface area (Å²) in [5.41, 5.74) is 12.5. The lowest BCUT2D eigenvalue weighted by molar-refractivity contribution is -0.687. The Hall–Kier alpha value is -4.20. The third-order valence-electron chi connectivity index (χ3n) is 5.60. The molecule has 2 aliphatic rings. The van der Waals surface area contributed by atoms with Crippen molar-refractivity contribution in [1.82, 2.24) is 20.2 Å². The topological polar surface area (TPSA) is 190 Å². The smallest absolute Gasteiger partial charge is 0.352 e. The van der Waals surface area contributed by atoms with E-state index in [2.05, 4.69) is 26.4 Å². The average Bonchev–Trinajstić information content (AvgIpc) is 3.48. The summed E-state index contributed by atoms with van der Waals surface area (Å²) < 4.78 is 2.71. The Morgan fingerprint density at radius 1 is 1.37 bits per heavy atom. The van der Waals surface area contributed by atoms with Crippen molar-refractivity contribution in [3.05, 3.63) is 40.8 Å². The Morgan fingerprint density at radius 2 is 2.18 bits per heavy atom. The highest BCUT2D eigenvalue weighted by Gasteiger charge is 2.54. The number of fused-ring (bicyclic) bond motifs is 2. The monoisotopic (exact) mass is 571 g/mol. The minimum Gasteiger partial charge on any atom is -0.477 e. The van der Waals surface area contributed by atoms with Crippen molar-refractivity contribution in [2.45, 2.75) is 18.0 Å². The van der Waals surface area contributed by atoms with E-state index >= 15 is 0 Å². The van der Waals surface area contributed by atoms with Crippen LogP contribution >= 0.6 is 34.4 Å². The van der Waals surface area contributed by atoms with Crippen LogP contribution in [0.4, 0.5) is 10.3 Å². The number of aromatic nitrogens is 3. The molecule has 0 saturated carbocycles. The van der Waals surface area contributed by atoms with E-state index < -0.39 is 29.2 Å². The van der Waals surface area contributed by atoms with Gasteiger partial charge in [0, 0.05) is 22.8 Å². The normalized spacial score (nSPS) is 19.1. The number of carbonyl (C=O) groups is 3. The van der Waals surface area contributed by atoms with Crippen molar-refractivity contribution in [3.63, 3.8) is 0 Å². The van der Waals surface area contributed by atoms with Crippen LogP contribution in [0.3, 0.4) is 0 Å². The molecule has 6 N–H and O–H groups in total. The fourth-order valence-electron chi connectivity index (χ4n) is 4.01. The van der Waals surface area contributed by atoms with Gasteiger partial charge in [0.2, 0.25) is 0 Å². The number of β-lactam (4-membered cyclic amide) rings is 1. The molecule has 0 aliphatic carbocycles. The second-order valence-corrected chi connectivity index (χ2v) is 11.1. The van der Waals surface area contributed by atoms with Crippen LogP contribution in [0.15, 0.2) is 40.3 Å². The van der Waals surface area contributed by atoms with Crippen molar-refractivity contribution in [1.29, 1.82) is 0 Å². The predicted octanol–water partition coefficient (Wildman–Crippen LogP) is -0.00260. The van der Waals surface area contributed by atoms with E-state index in [1.165, 1.54) is 33.4 Å². The summed E-state index contributed by atoms with van der Waals surface area (Å²) in [7, 11) is 0. The maximum absolute atomic E-state index is 13.1. The van der Waals surface area contributed by atoms with E-state index in [-0.39, 0.29) is 35.4 Å². The molecule has 1 unspecified atom stereocenters. The van der Waals surface area contributed by atoms with E-state index in [0.717, 1.165) is 16.0 Å². The molecule has 1 fully saturated rings. The number of terminal acetylenes is 1. The zero-order valence-electron chi connectivity index (χ0n) is 19.4. The number of aliphatic carboxylic acids is 1. The van der Waals surface area contributed by atoms with Crippen LogP contribution in [0.2, 0.25) is 0 Å². The summed E-state index contributed by atoms with van der Waals surface area (Å²) in [6.45, 7) is 0.0610. The first-order valence-electron chi connectivity index (χ1n) is 10.9. The summed E-state index contributed by atoms with van der Waals surface area (Å²) >= 11 is 3.80. The van der Waals surface area contributed by atoms with Crippen LogP contribution in [0, 0.1) is 12.3 Å². The number of rotatable bonds is 8. The van der Waals surface area contributed by atoms with E-state index in [4.69, 9.17) is 22.7 Å². The van der Waals surface area contributed by atoms with E-state index in [1.54, 1.807) is 17.0 Å². The summed E-state index contributed by atoms with van der Waals surface area (Å²) in [6.07, 6.45) is 8.75. The number of nitrogens with two attached hydrogens (primary N) is 2. The average molecular weight is 572 g/mol. The molecule has 38 heavy (non-hydrogen) atoms. The molecule has 1 saturated heterocycles. The number of carbonyl (C=O) groups excluding carboxylic acids is 2. The molecular weight excluding hydrogens is 552 g/mol. The number of carboxylic acid groups (broad SMARTS) is 1. The molecule has 0 aromatic carbocycles. The van der Waals surface area contributed by atoms with Gasteiger partial charge in [0.1, 0.15) is 28.3 Å². The lowest BCUT2D eigenvalue weighted by Gasteiger charge is -2.49. The number of thioether (sulfide) groups is 1. The second kappa shape index (κ2) is 10.3. The summed E-state index contributed by atoms with van der Waals surface area (Å²) in [5.74, 6) is 0.0502. The molecule has 0 spiro atoms. The highest BCUT2D eigenvalue weighted by atomic mass is 32.2. The summed E-state index contributed by atoms with van der Waals surface area (Å²) in [6, 6.07) is 0.880. The number of hydrogen-bond acceptors (Lipinski definition) is 12. The number of anilines is 2. The van der Waals surface area contributed by atoms with Gasteiger partial charge in [-0.1, -0.05) is 22.4 Å². The standard InChI is InChI=1S/C22H18N8O5S3/c1-2-5-35-28-14(12-9-37-21(23)26-12)17(31)27-15-18(32)30-16(20(33)34)10(8-36-19(15)30)6-29-4-3-13-11(7-29)25-22(24)38-13/h1,3-4,7,9,15,19H,5-6,8H2,(H5-,23,24,25,26,27,31,33,34)/p+1/b28-14-/t15?,19-/m1/s1. The van der Waals surface area contributed by atoms with E-state index in [9.17, 15) is 19.5 Å². The number of oxime groups is 1. The fraction of sp³-hybridized carbons (Fsp3) is 0.227. The van der Waals surface area contributed by atoms with Gasteiger partial charge < -0.3 is 26.7 Å². The number of hydrogen-bond donors (Lipinski definition) is 4. The Labute approximate surface area is 227 Å². The van der Waals surface area contributed by atoms with Crippen LogP contribution in [-0.2, 0) is 25.8 Å². The molecule has 0 radical (unpaired) electrons. The minimum atomic E-state index is -1.23. The molecule has 13 nitrogen and oxygen atoms in total. The van der Waals surface area contributed by atoms with Crippen LogP contribution in [0.25, 0.3) is 10.2 Å². The maximum Gasteiger partial charge on any atom is 0.352 e. The third kappa shape index (κ3) is 4.74. The molecule has 2 atom stereocenters. The van der Waals surface area contributed by atoms with Crippen LogP contribution in [-0.4, -0.2) is 67.2 Å². The molecule has 0 bridgehead atoms. The van der Waals surface area contributed by atoms with Crippen molar-refractivity contribution in [3.8, 4) is 12.3 Å². The quantitative estimate of drug-likeness (QED) is 0.0715. The molecule has 3 aromatic heterocycles. The summed E-state index contributed by atoms with van der Waals surface area (Å²) in [5, 5.41) is 17.9. The van der Waals surface area contributed by atoms with Gasteiger partial charge in [0.25, 0.3) is 11.8 Å². The first kappa shape index (κ1) is 25.4. The van der Waals surface area contributed by atoms with E-state index in [0.29, 0.717) is 22.0 Å². The lowest BCUT2D eigenvalue weighted by Crippen LogP contribution is -2.71. The molecule has 3 aromatic rings. The second-order valence-electron chi connectivity index (χ2n) is 8.03. The van der Waals surface area contributed by atoms with Crippen molar-refractivity contribution in [2.75, 3.05) is 23.8 Å². The van der Waals surface area contributed by atoms with Crippen LogP contribution in [0.1, 0.15) is 5.69 Å². The minimum absolute atomic E-state index is 0.104. The molecule has 16 heteroatoms. The van der Waals surface area contributed by atoms with Gasteiger partial charge in [-0.25, -0.2) is 14.8 Å². The van der Waals surface area contributed by atoms with Crippen LogP contribution in [0.5, 0.6) is 0 Å². The van der Waals surface area contributed by atoms with Crippen molar-refractivity contribution >= 4 is 78.4 Å². The molecule has 5 heterocycles. The maximum atomic E-state index is 13.1. The number of amides is 2. The van der Waals surface area contributed by atoms with Crippen molar-refractivity contribution in [2.24, 2.45) is 5.16 Å². The third-order valence-corrected chi connectivity index (χ3v) is 8.48. The number of thiazole rings is 2. The van der Waals surface area contributed by atoms with Gasteiger partial charge in [-0.05, 0) is 0 Å². The molecule has 2 aliphatic heterocycles. The summed E-state index contributed by atoms with van der Waals surface area (Å²) in [4.78, 5) is 52.8. The molecule has 194 valence electrons. The van der Waals surface area contributed by atoms with E-state index in [1.807, 2.05) is 6.07 Å². The highest BCUT2D eigenvalue weighted by Crippen LogP contribution is 2.40. The zero-order valence-corrected chi connectivity index (χ0v) is 21.8. The largest absolute Gasteiger partial charge is 0.477 e. The predicted molar refractivity (Wildman–Crippen MR) is 142 cm³/mol. The number of nitrogens with one attached hydrogen (secondary N) is 1. The van der Waals surface area contributed by atoms with Gasteiger partial charge in [-0.15, -0.1) is 29.5 Å². The first-order chi connectivity index (χ1) is 18.3. The number of carboxylic acids is 1. The van der Waals surface area contributed by atoms with Gasteiger partial charge >= 0.3 is 5.97 Å². The van der Waals surface area contributed by atoms with Gasteiger partial charge in [0.15, 0.2) is 41.5 Å². The lowest BCUT2D eigenvalue weighted by atomic mass is 10.0. The Bertz CT molecular complexity index is 1570. The first-order valence-corrected chi connectivity index (χ1v) is 13.6. The number of pyridine rings is 1.